The molecule has 0 amide bonds. The highest BCUT2D eigenvalue weighted by molar-refractivity contribution is 14.1. The van der Waals surface area contributed by atoms with Crippen LogP contribution in [0.15, 0.2) is 59.5 Å². The first-order valence-corrected chi connectivity index (χ1v) is 9.17. The first-order valence-electron chi connectivity index (χ1n) is 6.44. The zero-order chi connectivity index (χ0) is 15.0. The van der Waals surface area contributed by atoms with Crippen molar-refractivity contribution in [1.29, 1.82) is 0 Å². The van der Waals surface area contributed by atoms with Gasteiger partial charge in [0.1, 0.15) is 5.82 Å². The van der Waals surface area contributed by atoms with E-state index in [1.807, 2.05) is 24.3 Å². The smallest absolute Gasteiger partial charge is 0.206 e. The zero-order valence-corrected chi connectivity index (χ0v) is 13.9. The highest BCUT2D eigenvalue weighted by Crippen LogP contribution is 2.41. The van der Waals surface area contributed by atoms with Crippen LogP contribution in [0, 0.1) is 5.82 Å². The highest BCUT2D eigenvalue weighted by Gasteiger charge is 2.28. The van der Waals surface area contributed by atoms with Crippen molar-refractivity contribution in [2.24, 2.45) is 0 Å². The van der Waals surface area contributed by atoms with Crippen LogP contribution in [-0.4, -0.2) is 8.42 Å². The van der Waals surface area contributed by atoms with E-state index in [-0.39, 0.29) is 8.82 Å². The second-order valence-corrected chi connectivity index (χ2v) is 8.24. The Morgan fingerprint density at radius 3 is 2.43 bits per heavy atom. The molecule has 0 aromatic heterocycles. The van der Waals surface area contributed by atoms with Crippen molar-refractivity contribution in [1.82, 2.24) is 0 Å². The van der Waals surface area contributed by atoms with Gasteiger partial charge in [-0.25, -0.2) is 12.8 Å². The van der Waals surface area contributed by atoms with Crippen molar-refractivity contribution in [3.05, 3.63) is 71.6 Å². The van der Waals surface area contributed by atoms with Crippen LogP contribution in [-0.2, 0) is 9.84 Å². The lowest BCUT2D eigenvalue weighted by atomic mass is 9.97. The molecule has 1 atom stereocenters. The van der Waals surface area contributed by atoms with Crippen molar-refractivity contribution < 1.29 is 12.8 Å². The minimum Gasteiger partial charge on any atom is -0.219 e. The summed E-state index contributed by atoms with van der Waals surface area (Å²) < 4.78 is 38.8. The van der Waals surface area contributed by atoms with Crippen LogP contribution in [0.2, 0.25) is 0 Å². The lowest BCUT2D eigenvalue weighted by Gasteiger charge is -2.21. The largest absolute Gasteiger partial charge is 0.219 e. The summed E-state index contributed by atoms with van der Waals surface area (Å²) in [7, 11) is -3.62. The number of alkyl halides is 1. The fourth-order valence-electron chi connectivity index (χ4n) is 2.44. The number of allylic oxidation sites excluding steroid dienone is 1. The Bertz CT molecular complexity index is 810. The van der Waals surface area contributed by atoms with Gasteiger partial charge >= 0.3 is 0 Å². The fraction of sp³-hybridized carbons (Fsp3) is 0.125. The predicted molar refractivity (Wildman–Crippen MR) is 89.4 cm³/mol. The normalized spacial score (nSPS) is 18.0. The molecule has 0 spiro atoms. The number of hydrogen-bond acceptors (Lipinski definition) is 2. The number of rotatable bonds is 2. The van der Waals surface area contributed by atoms with E-state index in [4.69, 9.17) is 0 Å². The Hall–Kier alpha value is -1.21. The van der Waals surface area contributed by atoms with Gasteiger partial charge in [0.25, 0.3) is 0 Å². The minimum atomic E-state index is -3.62. The number of hydrogen-bond donors (Lipinski definition) is 0. The number of halogens is 2. The van der Waals surface area contributed by atoms with E-state index in [9.17, 15) is 12.8 Å². The molecule has 1 unspecified atom stereocenters. The molecule has 2 aromatic carbocycles. The van der Waals surface area contributed by atoms with E-state index in [0.29, 0.717) is 11.3 Å². The van der Waals surface area contributed by atoms with E-state index in [1.165, 1.54) is 24.3 Å². The van der Waals surface area contributed by atoms with Gasteiger partial charge in [0, 0.05) is 3.92 Å². The lowest BCUT2D eigenvalue weighted by Crippen LogP contribution is -2.10. The van der Waals surface area contributed by atoms with E-state index < -0.39 is 15.7 Å². The maximum absolute atomic E-state index is 13.0. The SMILES string of the molecule is O=S(=O)(C1=CCC(I)c2ccccc21)c1ccc(F)cc1. The van der Waals surface area contributed by atoms with E-state index >= 15 is 0 Å². The summed E-state index contributed by atoms with van der Waals surface area (Å²) in [5.74, 6) is -0.445. The van der Waals surface area contributed by atoms with Gasteiger partial charge in [-0.15, -0.1) is 0 Å². The second-order valence-electron chi connectivity index (χ2n) is 4.82. The molecule has 0 N–H and O–H groups in total. The van der Waals surface area contributed by atoms with Crippen LogP contribution in [0.1, 0.15) is 21.5 Å². The van der Waals surface area contributed by atoms with E-state index in [2.05, 4.69) is 22.6 Å². The minimum absolute atomic E-state index is 0.122. The number of sulfone groups is 1. The van der Waals surface area contributed by atoms with Crippen LogP contribution < -0.4 is 0 Å². The average Bonchev–Trinajstić information content (AvgIpc) is 2.48. The molecule has 0 saturated carbocycles. The summed E-state index contributed by atoms with van der Waals surface area (Å²) in [5.41, 5.74) is 1.77. The third kappa shape index (κ3) is 2.64. The first kappa shape index (κ1) is 14.7. The highest BCUT2D eigenvalue weighted by atomic mass is 127. The van der Waals surface area contributed by atoms with Crippen LogP contribution in [0.25, 0.3) is 4.91 Å². The quantitative estimate of drug-likeness (QED) is 0.412. The molecule has 2 nitrogen and oxygen atoms in total. The lowest BCUT2D eigenvalue weighted by molar-refractivity contribution is 0.604. The molecular weight excluding hydrogens is 402 g/mol. The molecule has 0 heterocycles. The molecule has 3 rings (SSSR count). The van der Waals surface area contributed by atoms with Crippen LogP contribution in [0.4, 0.5) is 4.39 Å². The predicted octanol–water partition coefficient (Wildman–Crippen LogP) is 4.52. The monoisotopic (exact) mass is 414 g/mol. The summed E-state index contributed by atoms with van der Waals surface area (Å²) in [6, 6.07) is 12.5. The third-order valence-electron chi connectivity index (χ3n) is 3.49. The Morgan fingerprint density at radius 2 is 1.71 bits per heavy atom. The summed E-state index contributed by atoms with van der Waals surface area (Å²) in [6.45, 7) is 0. The van der Waals surface area contributed by atoms with Gasteiger partial charge < -0.3 is 0 Å². The van der Waals surface area contributed by atoms with E-state index in [1.54, 1.807) is 6.08 Å². The summed E-state index contributed by atoms with van der Waals surface area (Å²) >= 11 is 2.32. The van der Waals surface area contributed by atoms with Crippen LogP contribution in [0.3, 0.4) is 0 Å². The molecule has 1 aliphatic rings. The number of benzene rings is 2. The Morgan fingerprint density at radius 1 is 1.05 bits per heavy atom. The molecule has 0 aliphatic heterocycles. The maximum atomic E-state index is 13.0. The first-order chi connectivity index (χ1) is 10.00. The van der Waals surface area contributed by atoms with Gasteiger partial charge in [0.2, 0.25) is 9.84 Å². The Labute approximate surface area is 136 Å². The molecule has 21 heavy (non-hydrogen) atoms. The van der Waals surface area contributed by atoms with Crippen molar-refractivity contribution in [2.45, 2.75) is 15.2 Å². The van der Waals surface area contributed by atoms with Gasteiger partial charge in [0.05, 0.1) is 9.80 Å². The molecule has 0 bridgehead atoms. The molecule has 5 heteroatoms. The summed E-state index contributed by atoms with van der Waals surface area (Å²) in [5, 5.41) is 0. The molecule has 0 radical (unpaired) electrons. The molecule has 1 aliphatic carbocycles. The van der Waals surface area contributed by atoms with Crippen molar-refractivity contribution >= 4 is 37.3 Å². The second kappa shape index (κ2) is 5.53. The molecular formula is C16H12FIO2S. The fourth-order valence-corrected chi connectivity index (χ4v) is 4.77. The van der Waals surface area contributed by atoms with Crippen molar-refractivity contribution in [3.8, 4) is 0 Å². The Kier molecular flexibility index (Phi) is 3.88. The van der Waals surface area contributed by atoms with Crippen LogP contribution >= 0.6 is 22.6 Å². The van der Waals surface area contributed by atoms with E-state index in [0.717, 1.165) is 11.1 Å². The van der Waals surface area contributed by atoms with Crippen LogP contribution in [0.5, 0.6) is 0 Å². The Balaban J connectivity index is 2.14. The summed E-state index contributed by atoms with van der Waals surface area (Å²) in [6.07, 6.45) is 2.44. The third-order valence-corrected chi connectivity index (χ3v) is 6.53. The molecule has 2 aromatic rings. The topological polar surface area (TPSA) is 34.1 Å². The maximum Gasteiger partial charge on any atom is 0.206 e. The van der Waals surface area contributed by atoms with Gasteiger partial charge in [-0.2, -0.15) is 0 Å². The standard InChI is InChI=1S/C16H12FIO2S/c17-11-5-7-12(8-6-11)21(19,20)16-10-9-15(18)13-3-1-2-4-14(13)16/h1-8,10,15H,9H2. The van der Waals surface area contributed by atoms with Crippen molar-refractivity contribution in [2.75, 3.05) is 0 Å². The number of fused-ring (bicyclic) bond motifs is 1. The van der Waals surface area contributed by atoms with Gasteiger partial charge in [-0.3, -0.25) is 0 Å². The van der Waals surface area contributed by atoms with Gasteiger partial charge in [-0.05, 0) is 41.8 Å². The zero-order valence-electron chi connectivity index (χ0n) is 11.0. The molecule has 0 fully saturated rings. The molecule has 108 valence electrons. The van der Waals surface area contributed by atoms with Gasteiger partial charge in [0.15, 0.2) is 0 Å². The molecule has 0 saturated heterocycles. The van der Waals surface area contributed by atoms with Crippen molar-refractivity contribution in [3.63, 3.8) is 0 Å². The average molecular weight is 414 g/mol. The van der Waals surface area contributed by atoms with Gasteiger partial charge in [-0.1, -0.05) is 52.9 Å². The summed E-state index contributed by atoms with van der Waals surface area (Å²) in [4.78, 5) is 0.439.